The molecule has 1 heterocycles. The number of rotatable bonds is 7. The average molecular weight is 398 g/mol. The van der Waals surface area contributed by atoms with Crippen molar-refractivity contribution in [1.82, 2.24) is 4.98 Å². The van der Waals surface area contributed by atoms with Gasteiger partial charge in [-0.05, 0) is 55.3 Å². The van der Waals surface area contributed by atoms with Gasteiger partial charge < -0.3 is 5.32 Å². The molecule has 29 heavy (non-hydrogen) atoms. The van der Waals surface area contributed by atoms with E-state index < -0.39 is 23.1 Å². The fourth-order valence-corrected chi connectivity index (χ4v) is 2.76. The van der Waals surface area contributed by atoms with Crippen LogP contribution in [-0.4, -0.2) is 17.5 Å². The highest BCUT2D eigenvalue weighted by Gasteiger charge is 2.17. The van der Waals surface area contributed by atoms with E-state index in [0.29, 0.717) is 24.6 Å². The summed E-state index contributed by atoms with van der Waals surface area (Å²) in [7, 11) is 0. The van der Waals surface area contributed by atoms with Crippen molar-refractivity contribution in [3.63, 3.8) is 0 Å². The molecule has 3 rings (SSSR count). The number of anilines is 1. The molecule has 1 N–H and O–H groups in total. The summed E-state index contributed by atoms with van der Waals surface area (Å²) in [6.45, 7) is 4.57. The van der Waals surface area contributed by atoms with Crippen LogP contribution in [-0.2, 0) is 16.4 Å². The van der Waals surface area contributed by atoms with E-state index in [-0.39, 0.29) is 0 Å². The molecule has 0 spiro atoms. The molecule has 0 fully saturated rings. The van der Waals surface area contributed by atoms with Crippen LogP contribution in [0.4, 0.5) is 14.5 Å². The van der Waals surface area contributed by atoms with Crippen LogP contribution in [0.3, 0.4) is 0 Å². The van der Waals surface area contributed by atoms with E-state index in [1.165, 1.54) is 12.3 Å². The summed E-state index contributed by atoms with van der Waals surface area (Å²) in [6, 6.07) is 12.5. The first-order chi connectivity index (χ1) is 14.0. The van der Waals surface area contributed by atoms with Crippen molar-refractivity contribution >= 4 is 11.6 Å². The number of pyridine rings is 1. The van der Waals surface area contributed by atoms with Gasteiger partial charge in [-0.15, -0.1) is 0 Å². The Hall–Kier alpha value is -3.16. The number of amides is 1. The second-order valence-electron chi connectivity index (χ2n) is 6.30. The summed E-state index contributed by atoms with van der Waals surface area (Å²) in [5, 5.41) is 2.46. The Bertz CT molecular complexity index is 987. The molecule has 0 saturated heterocycles. The first-order valence-corrected chi connectivity index (χ1v) is 9.05. The minimum atomic E-state index is -0.922. The van der Waals surface area contributed by atoms with Gasteiger partial charge in [0, 0.05) is 5.56 Å². The predicted octanol–water partition coefficient (Wildman–Crippen LogP) is 5.06. The lowest BCUT2D eigenvalue weighted by molar-refractivity contribution is -0.300. The Morgan fingerprint density at radius 2 is 1.83 bits per heavy atom. The monoisotopic (exact) mass is 398 g/mol. The third-order valence-corrected chi connectivity index (χ3v) is 4.22. The van der Waals surface area contributed by atoms with Gasteiger partial charge in [-0.25, -0.2) is 18.6 Å². The number of carbonyl (C=O) groups is 1. The number of aromatic nitrogens is 1. The van der Waals surface area contributed by atoms with Crippen molar-refractivity contribution in [2.45, 2.75) is 20.5 Å². The van der Waals surface area contributed by atoms with Gasteiger partial charge in [-0.3, -0.25) is 9.78 Å². The highest BCUT2D eigenvalue weighted by atomic mass is 19.1. The van der Waals surface area contributed by atoms with Gasteiger partial charge in [-0.2, -0.15) is 0 Å². The molecule has 0 aliphatic rings. The minimum Gasteiger partial charge on any atom is -0.320 e. The molecule has 0 atom stereocenters. The van der Waals surface area contributed by atoms with Crippen molar-refractivity contribution in [2.24, 2.45) is 0 Å². The number of benzene rings is 2. The van der Waals surface area contributed by atoms with E-state index in [0.717, 1.165) is 28.8 Å². The topological polar surface area (TPSA) is 60.5 Å². The normalized spacial score (nSPS) is 10.8. The average Bonchev–Trinajstić information content (AvgIpc) is 2.70. The fraction of sp³-hybridized carbons (Fsp3) is 0.182. The van der Waals surface area contributed by atoms with Gasteiger partial charge in [0.05, 0.1) is 24.2 Å². The molecule has 0 bridgehead atoms. The third-order valence-electron chi connectivity index (χ3n) is 4.22. The standard InChI is InChI=1S/C22H20F2N2O3/c1-3-28-29-13-15-8-7-14(2)17(11-15)20-10-9-16(12-25-20)26-22(27)21-18(23)5-4-6-19(21)24/h4-12H,3,13H2,1-2H3,(H,26,27). The second-order valence-corrected chi connectivity index (χ2v) is 6.30. The molecule has 0 aliphatic heterocycles. The van der Waals surface area contributed by atoms with Gasteiger partial charge in [0.2, 0.25) is 0 Å². The Labute approximate surface area is 167 Å². The number of hydrogen-bond acceptors (Lipinski definition) is 4. The van der Waals surface area contributed by atoms with E-state index in [9.17, 15) is 13.6 Å². The van der Waals surface area contributed by atoms with Gasteiger partial charge >= 0.3 is 0 Å². The number of halogens is 2. The fourth-order valence-electron chi connectivity index (χ4n) is 2.76. The van der Waals surface area contributed by atoms with E-state index in [1.54, 1.807) is 12.1 Å². The zero-order valence-electron chi connectivity index (χ0n) is 16.0. The maximum Gasteiger partial charge on any atom is 0.261 e. The van der Waals surface area contributed by atoms with Crippen LogP contribution in [0.25, 0.3) is 11.3 Å². The van der Waals surface area contributed by atoms with Crippen molar-refractivity contribution in [3.8, 4) is 11.3 Å². The zero-order chi connectivity index (χ0) is 20.8. The van der Waals surface area contributed by atoms with Gasteiger partial charge in [0.15, 0.2) is 0 Å². The van der Waals surface area contributed by atoms with Crippen molar-refractivity contribution in [2.75, 3.05) is 11.9 Å². The molecule has 5 nitrogen and oxygen atoms in total. The van der Waals surface area contributed by atoms with Crippen LogP contribution in [0.5, 0.6) is 0 Å². The molecule has 0 aliphatic carbocycles. The van der Waals surface area contributed by atoms with Crippen molar-refractivity contribution < 1.29 is 23.4 Å². The molecule has 1 amide bonds. The third kappa shape index (κ3) is 5.01. The Kier molecular flexibility index (Phi) is 6.64. The Morgan fingerprint density at radius 3 is 2.48 bits per heavy atom. The second kappa shape index (κ2) is 9.36. The summed E-state index contributed by atoms with van der Waals surface area (Å²) >= 11 is 0. The number of carbonyl (C=O) groups excluding carboxylic acids is 1. The quantitative estimate of drug-likeness (QED) is 0.344. The minimum absolute atomic E-state index is 0.309. The number of aryl methyl sites for hydroxylation is 1. The molecule has 3 aromatic rings. The van der Waals surface area contributed by atoms with E-state index in [1.807, 2.05) is 32.0 Å². The number of hydrogen-bond donors (Lipinski definition) is 1. The SMILES string of the molecule is CCOOCc1ccc(C)c(-c2ccc(NC(=O)c3c(F)cccc3F)cn2)c1. The number of nitrogens with zero attached hydrogens (tertiary/aromatic N) is 1. The largest absolute Gasteiger partial charge is 0.320 e. The highest BCUT2D eigenvalue weighted by Crippen LogP contribution is 2.24. The molecule has 1 aromatic heterocycles. The summed E-state index contributed by atoms with van der Waals surface area (Å²) < 4.78 is 27.5. The van der Waals surface area contributed by atoms with Crippen LogP contribution in [0.2, 0.25) is 0 Å². The zero-order valence-corrected chi connectivity index (χ0v) is 16.0. The molecule has 150 valence electrons. The number of nitrogens with one attached hydrogen (secondary N) is 1. The summed E-state index contributed by atoms with van der Waals surface area (Å²) in [5.74, 6) is -2.72. The van der Waals surface area contributed by atoms with Gasteiger partial charge in [-0.1, -0.05) is 18.2 Å². The molecule has 7 heteroatoms. The van der Waals surface area contributed by atoms with Crippen molar-refractivity contribution in [3.05, 3.63) is 83.1 Å². The Balaban J connectivity index is 1.77. The molecule has 0 unspecified atom stereocenters. The van der Waals surface area contributed by atoms with Crippen LogP contribution in [0.1, 0.15) is 28.4 Å². The lowest BCUT2D eigenvalue weighted by Gasteiger charge is -2.10. The smallest absolute Gasteiger partial charge is 0.261 e. The van der Waals surface area contributed by atoms with E-state index >= 15 is 0 Å². The molecule has 0 saturated carbocycles. The van der Waals surface area contributed by atoms with Crippen molar-refractivity contribution in [1.29, 1.82) is 0 Å². The van der Waals surface area contributed by atoms with Gasteiger partial charge in [0.1, 0.15) is 23.8 Å². The first kappa shape index (κ1) is 20.6. The molecule has 2 aromatic carbocycles. The lowest BCUT2D eigenvalue weighted by atomic mass is 10.0. The van der Waals surface area contributed by atoms with E-state index in [4.69, 9.17) is 9.78 Å². The maximum absolute atomic E-state index is 13.7. The summed E-state index contributed by atoms with van der Waals surface area (Å²) in [5.41, 5.74) is 3.23. The maximum atomic E-state index is 13.7. The van der Waals surface area contributed by atoms with Gasteiger partial charge in [0.25, 0.3) is 5.91 Å². The Morgan fingerprint density at radius 1 is 1.07 bits per heavy atom. The summed E-state index contributed by atoms with van der Waals surface area (Å²) in [6.07, 6.45) is 1.44. The van der Waals surface area contributed by atoms with Crippen LogP contribution >= 0.6 is 0 Å². The van der Waals surface area contributed by atoms with E-state index in [2.05, 4.69) is 10.3 Å². The predicted molar refractivity (Wildman–Crippen MR) is 105 cm³/mol. The summed E-state index contributed by atoms with van der Waals surface area (Å²) in [4.78, 5) is 26.6. The van der Waals surface area contributed by atoms with Crippen LogP contribution < -0.4 is 5.32 Å². The van der Waals surface area contributed by atoms with Crippen LogP contribution in [0.15, 0.2) is 54.7 Å². The highest BCUT2D eigenvalue weighted by molar-refractivity contribution is 6.04. The molecular weight excluding hydrogens is 378 g/mol. The first-order valence-electron chi connectivity index (χ1n) is 9.05. The molecule has 0 radical (unpaired) electrons. The lowest BCUT2D eigenvalue weighted by Crippen LogP contribution is -2.15. The molecular formula is C22H20F2N2O3. The van der Waals surface area contributed by atoms with Crippen LogP contribution in [0, 0.1) is 18.6 Å².